The molecule has 0 saturated carbocycles. The smallest absolute Gasteiger partial charge is 0.137 e. The Hall–Kier alpha value is -0.770. The van der Waals surface area contributed by atoms with Gasteiger partial charge >= 0.3 is 0 Å². The van der Waals surface area contributed by atoms with Gasteiger partial charge in [-0.25, -0.2) is 0 Å². The SMILES string of the molecule is CCC1CN(CCOc2ccccc2Cl)C(CC)CN1. The minimum absolute atomic E-state index is 0.609. The summed E-state index contributed by atoms with van der Waals surface area (Å²) >= 11 is 6.10. The number of para-hydroxylation sites is 1. The van der Waals surface area contributed by atoms with E-state index in [1.165, 1.54) is 12.8 Å². The van der Waals surface area contributed by atoms with Gasteiger partial charge in [0.05, 0.1) is 5.02 Å². The molecule has 4 heteroatoms. The molecule has 112 valence electrons. The highest BCUT2D eigenvalue weighted by Crippen LogP contribution is 2.23. The van der Waals surface area contributed by atoms with Crippen molar-refractivity contribution in [1.29, 1.82) is 0 Å². The molecule has 2 atom stereocenters. The molecular weight excluding hydrogens is 272 g/mol. The van der Waals surface area contributed by atoms with E-state index in [-0.39, 0.29) is 0 Å². The van der Waals surface area contributed by atoms with Crippen LogP contribution in [0.1, 0.15) is 26.7 Å². The Kier molecular flexibility index (Phi) is 6.14. The van der Waals surface area contributed by atoms with Crippen LogP contribution in [-0.4, -0.2) is 43.2 Å². The molecule has 0 radical (unpaired) electrons. The summed E-state index contributed by atoms with van der Waals surface area (Å²) in [6.07, 6.45) is 2.35. The normalized spacial score (nSPS) is 23.8. The zero-order valence-corrected chi connectivity index (χ0v) is 13.2. The quantitative estimate of drug-likeness (QED) is 0.872. The molecule has 1 heterocycles. The van der Waals surface area contributed by atoms with Crippen LogP contribution in [0.3, 0.4) is 0 Å². The Labute approximate surface area is 127 Å². The number of benzene rings is 1. The van der Waals surface area contributed by atoms with E-state index in [9.17, 15) is 0 Å². The average molecular weight is 297 g/mol. The number of piperazine rings is 1. The monoisotopic (exact) mass is 296 g/mol. The Bertz CT molecular complexity index is 413. The van der Waals surface area contributed by atoms with E-state index in [1.54, 1.807) is 0 Å². The zero-order chi connectivity index (χ0) is 14.4. The highest BCUT2D eigenvalue weighted by atomic mass is 35.5. The number of nitrogens with zero attached hydrogens (tertiary/aromatic N) is 1. The minimum atomic E-state index is 0.609. The zero-order valence-electron chi connectivity index (χ0n) is 12.4. The molecule has 1 saturated heterocycles. The van der Waals surface area contributed by atoms with Gasteiger partial charge in [0, 0.05) is 31.7 Å². The second-order valence-corrected chi connectivity index (χ2v) is 5.76. The fraction of sp³-hybridized carbons (Fsp3) is 0.625. The lowest BCUT2D eigenvalue weighted by atomic mass is 10.1. The summed E-state index contributed by atoms with van der Waals surface area (Å²) < 4.78 is 5.81. The third-order valence-corrected chi connectivity index (χ3v) is 4.36. The molecule has 1 aromatic rings. The maximum Gasteiger partial charge on any atom is 0.137 e. The summed E-state index contributed by atoms with van der Waals surface area (Å²) in [4.78, 5) is 2.54. The molecule has 0 bridgehead atoms. The lowest BCUT2D eigenvalue weighted by Gasteiger charge is -2.39. The first-order chi connectivity index (χ1) is 9.74. The maximum absolute atomic E-state index is 6.10. The molecule has 2 unspecified atom stereocenters. The van der Waals surface area contributed by atoms with Gasteiger partial charge in [0.2, 0.25) is 0 Å². The predicted molar refractivity (Wildman–Crippen MR) is 84.7 cm³/mol. The van der Waals surface area contributed by atoms with Crippen LogP contribution in [0, 0.1) is 0 Å². The molecule has 0 spiro atoms. The maximum atomic E-state index is 6.10. The van der Waals surface area contributed by atoms with Gasteiger partial charge in [-0.3, -0.25) is 4.90 Å². The molecule has 0 aliphatic carbocycles. The van der Waals surface area contributed by atoms with Crippen molar-refractivity contribution in [3.63, 3.8) is 0 Å². The van der Waals surface area contributed by atoms with Gasteiger partial charge in [-0.15, -0.1) is 0 Å². The van der Waals surface area contributed by atoms with E-state index in [4.69, 9.17) is 16.3 Å². The van der Waals surface area contributed by atoms with Gasteiger partial charge in [-0.1, -0.05) is 37.6 Å². The fourth-order valence-corrected chi connectivity index (χ4v) is 2.90. The first-order valence-corrected chi connectivity index (χ1v) is 7.97. The Morgan fingerprint density at radius 1 is 1.30 bits per heavy atom. The number of rotatable bonds is 6. The van der Waals surface area contributed by atoms with E-state index < -0.39 is 0 Å². The van der Waals surface area contributed by atoms with Crippen LogP contribution < -0.4 is 10.1 Å². The van der Waals surface area contributed by atoms with Crippen molar-refractivity contribution in [3.05, 3.63) is 29.3 Å². The summed E-state index contributed by atoms with van der Waals surface area (Å²) in [5.41, 5.74) is 0. The molecule has 1 aromatic carbocycles. The first-order valence-electron chi connectivity index (χ1n) is 7.59. The van der Waals surface area contributed by atoms with Crippen molar-refractivity contribution in [2.24, 2.45) is 0 Å². The number of hydrogen-bond acceptors (Lipinski definition) is 3. The summed E-state index contributed by atoms with van der Waals surface area (Å²) in [5, 5.41) is 4.30. The van der Waals surface area contributed by atoms with Crippen LogP contribution in [0.15, 0.2) is 24.3 Å². The van der Waals surface area contributed by atoms with E-state index in [0.717, 1.165) is 25.4 Å². The van der Waals surface area contributed by atoms with Crippen LogP contribution in [0.5, 0.6) is 5.75 Å². The largest absolute Gasteiger partial charge is 0.491 e. The van der Waals surface area contributed by atoms with Gasteiger partial charge in [0.25, 0.3) is 0 Å². The molecule has 0 aromatic heterocycles. The van der Waals surface area contributed by atoms with Crippen LogP contribution in [-0.2, 0) is 0 Å². The van der Waals surface area contributed by atoms with Gasteiger partial charge in [-0.05, 0) is 25.0 Å². The fourth-order valence-electron chi connectivity index (χ4n) is 2.71. The third-order valence-electron chi connectivity index (χ3n) is 4.05. The first kappa shape index (κ1) is 15.6. The van der Waals surface area contributed by atoms with Crippen molar-refractivity contribution >= 4 is 11.6 Å². The standard InChI is InChI=1S/C16H25ClN2O/c1-3-13-12-19(14(4-2)11-18-13)9-10-20-16-8-6-5-7-15(16)17/h5-8,13-14,18H,3-4,9-12H2,1-2H3. The summed E-state index contributed by atoms with van der Waals surface area (Å²) in [7, 11) is 0. The van der Waals surface area contributed by atoms with Crippen molar-refractivity contribution in [1.82, 2.24) is 10.2 Å². The highest BCUT2D eigenvalue weighted by molar-refractivity contribution is 6.32. The van der Waals surface area contributed by atoms with E-state index in [0.29, 0.717) is 23.7 Å². The van der Waals surface area contributed by atoms with Gasteiger partial charge < -0.3 is 10.1 Å². The Morgan fingerprint density at radius 3 is 2.80 bits per heavy atom. The lowest BCUT2D eigenvalue weighted by molar-refractivity contribution is 0.105. The van der Waals surface area contributed by atoms with Gasteiger partial charge in [0.1, 0.15) is 12.4 Å². The molecule has 3 nitrogen and oxygen atoms in total. The van der Waals surface area contributed by atoms with Crippen LogP contribution in [0.2, 0.25) is 5.02 Å². The van der Waals surface area contributed by atoms with Crippen molar-refractivity contribution in [3.8, 4) is 5.75 Å². The van der Waals surface area contributed by atoms with Crippen molar-refractivity contribution < 1.29 is 4.74 Å². The molecule has 2 rings (SSSR count). The second-order valence-electron chi connectivity index (χ2n) is 5.35. The highest BCUT2D eigenvalue weighted by Gasteiger charge is 2.25. The minimum Gasteiger partial charge on any atom is -0.491 e. The average Bonchev–Trinajstić information content (AvgIpc) is 2.49. The summed E-state index contributed by atoms with van der Waals surface area (Å²) in [5.74, 6) is 0.782. The summed E-state index contributed by atoms with van der Waals surface area (Å²) in [6, 6.07) is 8.89. The number of halogens is 1. The third kappa shape index (κ3) is 4.11. The van der Waals surface area contributed by atoms with E-state index in [2.05, 4.69) is 24.1 Å². The Balaban J connectivity index is 1.83. The van der Waals surface area contributed by atoms with Crippen LogP contribution >= 0.6 is 11.6 Å². The molecule has 1 N–H and O–H groups in total. The Morgan fingerprint density at radius 2 is 2.10 bits per heavy atom. The molecular formula is C16H25ClN2O. The second kappa shape index (κ2) is 7.87. The number of nitrogens with one attached hydrogen (secondary N) is 1. The van der Waals surface area contributed by atoms with E-state index in [1.807, 2.05) is 24.3 Å². The summed E-state index contributed by atoms with van der Waals surface area (Å²) in [6.45, 7) is 8.34. The predicted octanol–water partition coefficient (Wildman–Crippen LogP) is 3.18. The number of ether oxygens (including phenoxy) is 1. The van der Waals surface area contributed by atoms with Gasteiger partial charge in [-0.2, -0.15) is 0 Å². The molecule has 20 heavy (non-hydrogen) atoms. The lowest BCUT2D eigenvalue weighted by Crippen LogP contribution is -2.56. The molecule has 1 fully saturated rings. The molecule has 0 amide bonds. The van der Waals surface area contributed by atoms with Crippen LogP contribution in [0.4, 0.5) is 0 Å². The molecule has 1 aliphatic heterocycles. The van der Waals surface area contributed by atoms with Crippen molar-refractivity contribution in [2.75, 3.05) is 26.2 Å². The molecule has 1 aliphatic rings. The topological polar surface area (TPSA) is 24.5 Å². The number of hydrogen-bond donors (Lipinski definition) is 1. The van der Waals surface area contributed by atoms with E-state index >= 15 is 0 Å². The van der Waals surface area contributed by atoms with Crippen LogP contribution in [0.25, 0.3) is 0 Å². The van der Waals surface area contributed by atoms with Crippen molar-refractivity contribution in [2.45, 2.75) is 38.8 Å². The van der Waals surface area contributed by atoms with Gasteiger partial charge in [0.15, 0.2) is 0 Å².